The van der Waals surface area contributed by atoms with Gasteiger partial charge in [0.05, 0.1) is 11.9 Å². The molecular weight excluding hydrogens is 181 g/mol. The third-order valence-corrected chi connectivity index (χ3v) is 2.01. The van der Waals surface area contributed by atoms with E-state index in [4.69, 9.17) is 5.73 Å². The zero-order valence-electron chi connectivity index (χ0n) is 7.74. The van der Waals surface area contributed by atoms with Gasteiger partial charge in [0.25, 0.3) is 0 Å². The molecule has 0 aliphatic carbocycles. The van der Waals surface area contributed by atoms with Crippen LogP contribution in [0, 0.1) is 12.9 Å². The predicted molar refractivity (Wildman–Crippen MR) is 52.7 cm³/mol. The summed E-state index contributed by atoms with van der Waals surface area (Å²) < 4.78 is 14.5. The average Bonchev–Trinajstić information content (AvgIpc) is 2.50. The van der Waals surface area contributed by atoms with E-state index in [1.807, 2.05) is 19.1 Å². The molecule has 3 nitrogen and oxygen atoms in total. The number of halogens is 1. The highest BCUT2D eigenvalue weighted by molar-refractivity contribution is 5.40. The maximum atomic E-state index is 13.3. The van der Waals surface area contributed by atoms with Crippen molar-refractivity contribution in [3.05, 3.63) is 42.0 Å². The first-order valence-electron chi connectivity index (χ1n) is 4.24. The van der Waals surface area contributed by atoms with Crippen LogP contribution < -0.4 is 5.73 Å². The van der Waals surface area contributed by atoms with Crippen molar-refractivity contribution in [2.45, 2.75) is 6.92 Å². The van der Waals surface area contributed by atoms with Crippen molar-refractivity contribution in [1.29, 1.82) is 0 Å². The number of nitrogens with zero attached hydrogens (tertiary/aromatic N) is 2. The number of benzene rings is 1. The van der Waals surface area contributed by atoms with E-state index in [0.29, 0.717) is 5.69 Å². The molecule has 4 heteroatoms. The van der Waals surface area contributed by atoms with Crippen LogP contribution in [0.2, 0.25) is 0 Å². The second kappa shape index (κ2) is 3.14. The monoisotopic (exact) mass is 191 g/mol. The van der Waals surface area contributed by atoms with Crippen molar-refractivity contribution in [1.82, 2.24) is 9.78 Å². The highest BCUT2D eigenvalue weighted by Crippen LogP contribution is 2.14. The van der Waals surface area contributed by atoms with Gasteiger partial charge in [0.1, 0.15) is 5.69 Å². The van der Waals surface area contributed by atoms with Gasteiger partial charge in [-0.05, 0) is 19.1 Å². The van der Waals surface area contributed by atoms with E-state index in [0.717, 1.165) is 5.56 Å². The van der Waals surface area contributed by atoms with Crippen LogP contribution in [0.25, 0.3) is 5.69 Å². The Morgan fingerprint density at radius 1 is 1.29 bits per heavy atom. The molecule has 0 atom stereocenters. The van der Waals surface area contributed by atoms with Crippen molar-refractivity contribution < 1.29 is 4.39 Å². The van der Waals surface area contributed by atoms with Gasteiger partial charge in [-0.15, -0.1) is 0 Å². The van der Waals surface area contributed by atoms with Crippen molar-refractivity contribution in [2.24, 2.45) is 0 Å². The van der Waals surface area contributed by atoms with Gasteiger partial charge >= 0.3 is 0 Å². The first-order chi connectivity index (χ1) is 6.68. The molecule has 1 heterocycles. The lowest BCUT2D eigenvalue weighted by Crippen LogP contribution is -2.00. The topological polar surface area (TPSA) is 43.8 Å². The zero-order chi connectivity index (χ0) is 10.1. The highest BCUT2D eigenvalue weighted by Gasteiger charge is 2.07. The summed E-state index contributed by atoms with van der Waals surface area (Å²) in [6, 6.07) is 7.38. The largest absolute Gasteiger partial charge is 0.394 e. The Morgan fingerprint density at radius 2 is 1.93 bits per heavy atom. The summed E-state index contributed by atoms with van der Waals surface area (Å²) in [5.74, 6) is -0.520. The molecule has 1 aromatic carbocycles. The fourth-order valence-electron chi connectivity index (χ4n) is 1.21. The predicted octanol–water partition coefficient (Wildman–Crippen LogP) is 1.90. The average molecular weight is 191 g/mol. The van der Waals surface area contributed by atoms with E-state index in [2.05, 4.69) is 5.10 Å². The summed E-state index contributed by atoms with van der Waals surface area (Å²) >= 11 is 0. The summed E-state index contributed by atoms with van der Waals surface area (Å²) in [4.78, 5) is 0. The minimum atomic E-state index is -0.520. The third-order valence-electron chi connectivity index (χ3n) is 2.01. The molecule has 0 fully saturated rings. The Bertz CT molecular complexity index is 445. The Morgan fingerprint density at radius 3 is 2.43 bits per heavy atom. The molecule has 0 saturated heterocycles. The lowest BCUT2D eigenvalue weighted by atomic mass is 10.2. The van der Waals surface area contributed by atoms with Gasteiger partial charge in [0.15, 0.2) is 0 Å². The molecule has 72 valence electrons. The highest BCUT2D eigenvalue weighted by atomic mass is 19.1. The number of hydrogen-bond donors (Lipinski definition) is 1. The first-order valence-corrected chi connectivity index (χ1v) is 4.24. The number of aryl methyl sites for hydroxylation is 1. The van der Waals surface area contributed by atoms with Gasteiger partial charge in [-0.3, -0.25) is 0 Å². The van der Waals surface area contributed by atoms with E-state index < -0.39 is 5.95 Å². The fourth-order valence-corrected chi connectivity index (χ4v) is 1.21. The van der Waals surface area contributed by atoms with Crippen LogP contribution in [0.1, 0.15) is 5.56 Å². The lowest BCUT2D eigenvalue weighted by Gasteiger charge is -2.01. The fraction of sp³-hybridized carbons (Fsp3) is 0.100. The summed E-state index contributed by atoms with van der Waals surface area (Å²) in [7, 11) is 0. The van der Waals surface area contributed by atoms with Crippen LogP contribution in [0.15, 0.2) is 30.5 Å². The van der Waals surface area contributed by atoms with Crippen molar-refractivity contribution >= 4 is 5.69 Å². The van der Waals surface area contributed by atoms with Gasteiger partial charge < -0.3 is 5.73 Å². The molecule has 0 aliphatic rings. The van der Waals surface area contributed by atoms with Crippen LogP contribution in [0.5, 0.6) is 0 Å². The Hall–Kier alpha value is -1.84. The maximum absolute atomic E-state index is 13.3. The molecule has 2 rings (SSSR count). The first kappa shape index (κ1) is 8.74. The minimum Gasteiger partial charge on any atom is -0.394 e. The standard InChI is InChI=1S/C10H10FN3/c1-7-2-4-8(5-3-7)14-10(11)9(12)6-13-14/h2-6H,12H2,1H3. The quantitative estimate of drug-likeness (QED) is 0.748. The Balaban J connectivity index is 2.49. The number of nitrogen functional groups attached to an aromatic ring is 1. The van der Waals surface area contributed by atoms with E-state index in [-0.39, 0.29) is 5.69 Å². The number of nitrogens with two attached hydrogens (primary N) is 1. The second-order valence-electron chi connectivity index (χ2n) is 3.14. The molecular formula is C10H10FN3. The van der Waals surface area contributed by atoms with Crippen LogP contribution in [0.3, 0.4) is 0 Å². The Kier molecular flexibility index (Phi) is 1.96. The summed E-state index contributed by atoms with van der Waals surface area (Å²) in [5, 5.41) is 3.83. The SMILES string of the molecule is Cc1ccc(-n2ncc(N)c2F)cc1. The summed E-state index contributed by atoms with van der Waals surface area (Å²) in [5.41, 5.74) is 7.20. The van der Waals surface area contributed by atoms with Crippen LogP contribution in [0.4, 0.5) is 10.1 Å². The molecule has 2 aromatic rings. The molecule has 0 aliphatic heterocycles. The minimum absolute atomic E-state index is 0.0607. The zero-order valence-corrected chi connectivity index (χ0v) is 7.74. The maximum Gasteiger partial charge on any atom is 0.239 e. The third kappa shape index (κ3) is 1.35. The van der Waals surface area contributed by atoms with Crippen LogP contribution in [-0.4, -0.2) is 9.78 Å². The normalized spacial score (nSPS) is 10.4. The number of anilines is 1. The van der Waals surface area contributed by atoms with Crippen molar-refractivity contribution in [2.75, 3.05) is 5.73 Å². The van der Waals surface area contributed by atoms with Crippen LogP contribution in [-0.2, 0) is 0 Å². The van der Waals surface area contributed by atoms with Gasteiger partial charge in [-0.25, -0.2) is 4.68 Å². The molecule has 0 spiro atoms. The molecule has 0 radical (unpaired) electrons. The second-order valence-corrected chi connectivity index (χ2v) is 3.14. The van der Waals surface area contributed by atoms with E-state index in [1.54, 1.807) is 12.1 Å². The summed E-state index contributed by atoms with van der Waals surface area (Å²) in [6.45, 7) is 1.97. The molecule has 0 amide bonds. The van der Waals surface area contributed by atoms with Gasteiger partial charge in [0, 0.05) is 0 Å². The van der Waals surface area contributed by atoms with Crippen molar-refractivity contribution in [3.63, 3.8) is 0 Å². The molecule has 14 heavy (non-hydrogen) atoms. The molecule has 0 saturated carbocycles. The Labute approximate surface area is 81.0 Å². The number of rotatable bonds is 1. The van der Waals surface area contributed by atoms with Gasteiger partial charge in [-0.1, -0.05) is 17.7 Å². The van der Waals surface area contributed by atoms with E-state index in [1.165, 1.54) is 10.9 Å². The molecule has 2 N–H and O–H groups in total. The van der Waals surface area contributed by atoms with E-state index in [9.17, 15) is 4.39 Å². The number of aromatic nitrogens is 2. The molecule has 0 bridgehead atoms. The number of hydrogen-bond acceptors (Lipinski definition) is 2. The van der Waals surface area contributed by atoms with Gasteiger partial charge in [0.2, 0.25) is 5.95 Å². The van der Waals surface area contributed by atoms with Gasteiger partial charge in [-0.2, -0.15) is 9.49 Å². The smallest absolute Gasteiger partial charge is 0.239 e. The lowest BCUT2D eigenvalue weighted by molar-refractivity contribution is 0.540. The summed E-state index contributed by atoms with van der Waals surface area (Å²) in [6.07, 6.45) is 1.30. The van der Waals surface area contributed by atoms with E-state index >= 15 is 0 Å². The molecule has 1 aromatic heterocycles. The molecule has 0 unspecified atom stereocenters. The van der Waals surface area contributed by atoms with Crippen LogP contribution >= 0.6 is 0 Å². The van der Waals surface area contributed by atoms with Crippen molar-refractivity contribution in [3.8, 4) is 5.69 Å².